The van der Waals surface area contributed by atoms with Gasteiger partial charge in [-0.25, -0.2) is 19.2 Å². The first-order valence-corrected chi connectivity index (χ1v) is 8.32. The molecule has 1 heterocycles. The summed E-state index contributed by atoms with van der Waals surface area (Å²) in [5, 5.41) is 3.10. The molecule has 0 bridgehead atoms. The van der Waals surface area contributed by atoms with Crippen LogP contribution in [0.1, 0.15) is 0 Å². The van der Waals surface area contributed by atoms with E-state index in [-0.39, 0.29) is 22.8 Å². The van der Waals surface area contributed by atoms with Gasteiger partial charge in [-0.3, -0.25) is 0 Å². The fourth-order valence-electron chi connectivity index (χ4n) is 2.28. The van der Waals surface area contributed by atoms with Crippen molar-refractivity contribution in [3.63, 3.8) is 0 Å². The van der Waals surface area contributed by atoms with Crippen molar-refractivity contribution in [2.75, 3.05) is 12.4 Å². The summed E-state index contributed by atoms with van der Waals surface area (Å²) in [4.78, 5) is 19.1. The van der Waals surface area contributed by atoms with E-state index in [1.54, 1.807) is 6.07 Å². The topological polar surface area (TPSA) is 73.3 Å². The number of benzene rings is 2. The summed E-state index contributed by atoms with van der Waals surface area (Å²) >= 11 is 3.15. The van der Waals surface area contributed by atoms with E-state index in [2.05, 4.69) is 36.0 Å². The van der Waals surface area contributed by atoms with Gasteiger partial charge in [-0.05, 0) is 24.3 Å². The number of carbonyl (C=O) groups is 1. The molecule has 3 aromatic rings. The van der Waals surface area contributed by atoms with Crippen molar-refractivity contribution in [1.82, 2.24) is 9.97 Å². The van der Waals surface area contributed by atoms with Gasteiger partial charge in [0.15, 0.2) is 11.5 Å². The highest BCUT2D eigenvalue weighted by molar-refractivity contribution is 9.10. The van der Waals surface area contributed by atoms with Crippen molar-refractivity contribution in [3.05, 3.63) is 46.9 Å². The number of carbonyl (C=O) groups excluding carboxylic acids is 1. The van der Waals surface area contributed by atoms with E-state index in [4.69, 9.17) is 4.74 Å². The maximum absolute atomic E-state index is 14.1. The van der Waals surface area contributed by atoms with E-state index in [0.29, 0.717) is 9.86 Å². The molecular formula is C17H10BrF4N3O3. The first kappa shape index (κ1) is 19.8. The third-order valence-corrected chi connectivity index (χ3v) is 4.03. The van der Waals surface area contributed by atoms with Crippen LogP contribution in [0, 0.1) is 5.82 Å². The normalized spacial score (nSPS) is 11.4. The van der Waals surface area contributed by atoms with Gasteiger partial charge in [0, 0.05) is 15.9 Å². The molecule has 0 fully saturated rings. The summed E-state index contributed by atoms with van der Waals surface area (Å²) < 4.78 is 61.4. The van der Waals surface area contributed by atoms with Crippen LogP contribution >= 0.6 is 15.9 Å². The van der Waals surface area contributed by atoms with Crippen LogP contribution in [0.15, 0.2) is 41.1 Å². The Morgan fingerprint density at radius 1 is 1.14 bits per heavy atom. The maximum Gasteiger partial charge on any atom is 0.491 e. The molecule has 0 aliphatic rings. The van der Waals surface area contributed by atoms with Gasteiger partial charge < -0.3 is 14.8 Å². The summed E-state index contributed by atoms with van der Waals surface area (Å²) in [5.41, 5.74) is 0.274. The predicted molar refractivity (Wildman–Crippen MR) is 95.2 cm³/mol. The van der Waals surface area contributed by atoms with Crippen molar-refractivity contribution in [2.24, 2.45) is 0 Å². The third kappa shape index (κ3) is 4.14. The molecule has 11 heteroatoms. The van der Waals surface area contributed by atoms with E-state index in [0.717, 1.165) is 12.4 Å². The van der Waals surface area contributed by atoms with E-state index >= 15 is 0 Å². The minimum atomic E-state index is -5.17. The van der Waals surface area contributed by atoms with Crippen LogP contribution in [0.2, 0.25) is 0 Å². The number of methoxy groups -OCH3 is 1. The number of rotatable bonds is 4. The minimum Gasteiger partial charge on any atom is -0.493 e. The Bertz CT molecular complexity index is 1060. The molecule has 2 aromatic carbocycles. The second-order valence-corrected chi connectivity index (χ2v) is 6.29. The van der Waals surface area contributed by atoms with Crippen LogP contribution < -0.4 is 14.8 Å². The number of fused-ring (bicyclic) bond motifs is 1. The number of nitrogens with one attached hydrogen (secondary N) is 1. The van der Waals surface area contributed by atoms with Crippen molar-refractivity contribution >= 4 is 44.3 Å². The Morgan fingerprint density at radius 3 is 2.54 bits per heavy atom. The molecular weight excluding hydrogens is 450 g/mol. The monoisotopic (exact) mass is 459 g/mol. The molecule has 0 aliphatic heterocycles. The Kier molecular flexibility index (Phi) is 5.36. The molecule has 0 amide bonds. The lowest BCUT2D eigenvalue weighted by Gasteiger charge is -2.14. The SMILES string of the molecule is COc1cc2c(Nc3ccc(Br)cc3F)ncnc2cc1OC(=O)C(F)(F)F. The lowest BCUT2D eigenvalue weighted by atomic mass is 10.2. The average molecular weight is 460 g/mol. The van der Waals surface area contributed by atoms with Crippen LogP contribution in [-0.4, -0.2) is 29.2 Å². The van der Waals surface area contributed by atoms with Crippen molar-refractivity contribution < 1.29 is 31.8 Å². The molecule has 146 valence electrons. The zero-order valence-electron chi connectivity index (χ0n) is 14.0. The van der Waals surface area contributed by atoms with Gasteiger partial charge in [0.05, 0.1) is 18.3 Å². The lowest BCUT2D eigenvalue weighted by molar-refractivity contribution is -0.189. The summed E-state index contributed by atoms with van der Waals surface area (Å²) in [7, 11) is 1.19. The molecule has 6 nitrogen and oxygen atoms in total. The number of aromatic nitrogens is 2. The van der Waals surface area contributed by atoms with Gasteiger partial charge in [-0.15, -0.1) is 0 Å². The zero-order chi connectivity index (χ0) is 20.5. The first-order valence-electron chi connectivity index (χ1n) is 7.53. The fourth-order valence-corrected chi connectivity index (χ4v) is 2.61. The Balaban J connectivity index is 2.03. The van der Waals surface area contributed by atoms with E-state index in [9.17, 15) is 22.4 Å². The van der Waals surface area contributed by atoms with E-state index in [1.165, 1.54) is 25.3 Å². The smallest absolute Gasteiger partial charge is 0.491 e. The van der Waals surface area contributed by atoms with Crippen molar-refractivity contribution in [3.8, 4) is 11.5 Å². The molecule has 0 unspecified atom stereocenters. The number of hydrogen-bond acceptors (Lipinski definition) is 6. The van der Waals surface area contributed by atoms with Gasteiger partial charge >= 0.3 is 12.1 Å². The number of alkyl halides is 3. The average Bonchev–Trinajstić information content (AvgIpc) is 2.62. The molecule has 3 rings (SSSR count). The largest absolute Gasteiger partial charge is 0.493 e. The number of hydrogen-bond donors (Lipinski definition) is 1. The highest BCUT2D eigenvalue weighted by Gasteiger charge is 2.41. The predicted octanol–water partition coefficient (Wildman–Crippen LogP) is 4.75. The number of halogens is 5. The molecule has 0 spiro atoms. The molecule has 0 saturated heterocycles. The number of esters is 1. The van der Waals surface area contributed by atoms with Gasteiger partial charge in [-0.2, -0.15) is 13.2 Å². The molecule has 0 saturated carbocycles. The summed E-state index contributed by atoms with van der Waals surface area (Å²) in [6.45, 7) is 0. The van der Waals surface area contributed by atoms with Crippen LogP contribution in [0.3, 0.4) is 0 Å². The van der Waals surface area contributed by atoms with Gasteiger partial charge in [0.2, 0.25) is 0 Å². The van der Waals surface area contributed by atoms with Crippen LogP contribution in [-0.2, 0) is 4.79 Å². The zero-order valence-corrected chi connectivity index (χ0v) is 15.6. The quantitative estimate of drug-likeness (QED) is 0.344. The molecule has 0 atom stereocenters. The molecule has 1 aromatic heterocycles. The van der Waals surface area contributed by atoms with Gasteiger partial charge in [0.25, 0.3) is 0 Å². The van der Waals surface area contributed by atoms with Gasteiger partial charge in [0.1, 0.15) is 18.0 Å². The standard InChI is InChI=1S/C17H10BrF4N3O3/c1-27-13-5-9-12(6-14(13)28-16(26)17(20,21)22)23-7-24-15(9)25-11-3-2-8(18)4-10(11)19/h2-7H,1H3,(H,23,24,25). The number of anilines is 2. The third-order valence-electron chi connectivity index (χ3n) is 3.54. The Hall–Kier alpha value is -2.95. The summed E-state index contributed by atoms with van der Waals surface area (Å²) in [6, 6.07) is 6.73. The maximum atomic E-state index is 14.1. The lowest BCUT2D eigenvalue weighted by Crippen LogP contribution is -2.28. The van der Waals surface area contributed by atoms with Crippen LogP contribution in [0.5, 0.6) is 11.5 Å². The molecule has 0 radical (unpaired) electrons. The molecule has 28 heavy (non-hydrogen) atoms. The van der Waals surface area contributed by atoms with E-state index < -0.39 is 23.7 Å². The minimum absolute atomic E-state index is 0.120. The van der Waals surface area contributed by atoms with Crippen molar-refractivity contribution in [1.29, 1.82) is 0 Å². The van der Waals surface area contributed by atoms with Crippen LogP contribution in [0.25, 0.3) is 10.9 Å². The highest BCUT2D eigenvalue weighted by atomic mass is 79.9. The number of nitrogens with zero attached hydrogens (tertiary/aromatic N) is 2. The Morgan fingerprint density at radius 2 is 1.89 bits per heavy atom. The number of ether oxygens (including phenoxy) is 2. The molecule has 1 N–H and O–H groups in total. The van der Waals surface area contributed by atoms with E-state index in [1.807, 2.05) is 0 Å². The Labute approximate surface area is 163 Å². The van der Waals surface area contributed by atoms with Gasteiger partial charge in [-0.1, -0.05) is 15.9 Å². The van der Waals surface area contributed by atoms with Crippen molar-refractivity contribution in [2.45, 2.75) is 6.18 Å². The van der Waals surface area contributed by atoms with Crippen LogP contribution in [0.4, 0.5) is 29.1 Å². The first-order chi connectivity index (χ1) is 13.2. The second kappa shape index (κ2) is 7.58. The summed E-state index contributed by atoms with van der Waals surface area (Å²) in [6.07, 6.45) is -4.04. The fraction of sp³-hybridized carbons (Fsp3) is 0.118. The second-order valence-electron chi connectivity index (χ2n) is 5.38. The highest BCUT2D eigenvalue weighted by Crippen LogP contribution is 2.36. The summed E-state index contributed by atoms with van der Waals surface area (Å²) in [5.74, 6) is -3.38. The molecule has 0 aliphatic carbocycles.